The number of urea groups is 1. The molecule has 0 aliphatic rings. The number of carboxylic acid groups (broad SMARTS) is 1. The van der Waals surface area contributed by atoms with Crippen LogP contribution in [0, 0.1) is 11.3 Å². The van der Waals surface area contributed by atoms with Gasteiger partial charge in [0.15, 0.2) is 0 Å². The SMILES string of the molecule is CC(CCNC(=O)NCC(C)(C)C)CCC(=O)O. The third-order valence-electron chi connectivity index (χ3n) is 2.55. The average molecular weight is 258 g/mol. The van der Waals surface area contributed by atoms with Gasteiger partial charge in [-0.15, -0.1) is 0 Å². The van der Waals surface area contributed by atoms with Crippen LogP contribution < -0.4 is 10.6 Å². The average Bonchev–Trinajstić information content (AvgIpc) is 2.22. The third kappa shape index (κ3) is 11.2. The molecule has 1 unspecified atom stereocenters. The van der Waals surface area contributed by atoms with Crippen molar-refractivity contribution in [2.45, 2.75) is 47.0 Å². The van der Waals surface area contributed by atoms with Crippen LogP contribution in [0.2, 0.25) is 0 Å². The van der Waals surface area contributed by atoms with Gasteiger partial charge in [0, 0.05) is 19.5 Å². The first kappa shape index (κ1) is 16.7. The Balaban J connectivity index is 3.59. The van der Waals surface area contributed by atoms with E-state index in [1.807, 2.05) is 6.92 Å². The van der Waals surface area contributed by atoms with Gasteiger partial charge in [0.1, 0.15) is 0 Å². The molecule has 3 N–H and O–H groups in total. The highest BCUT2D eigenvalue weighted by Gasteiger charge is 2.11. The summed E-state index contributed by atoms with van der Waals surface area (Å²) in [5.41, 5.74) is 0.0755. The predicted octanol–water partition coefficient (Wildman–Crippen LogP) is 2.22. The summed E-state index contributed by atoms with van der Waals surface area (Å²) in [7, 11) is 0. The van der Waals surface area contributed by atoms with Crippen LogP contribution in [0.25, 0.3) is 0 Å². The van der Waals surface area contributed by atoms with Crippen LogP contribution in [0.1, 0.15) is 47.0 Å². The van der Waals surface area contributed by atoms with Gasteiger partial charge in [-0.3, -0.25) is 4.79 Å². The molecule has 0 fully saturated rings. The summed E-state index contributed by atoms with van der Waals surface area (Å²) in [5.74, 6) is -0.457. The smallest absolute Gasteiger partial charge is 0.314 e. The van der Waals surface area contributed by atoms with E-state index in [9.17, 15) is 9.59 Å². The maximum absolute atomic E-state index is 11.4. The molecule has 0 aromatic carbocycles. The second kappa shape index (κ2) is 7.95. The van der Waals surface area contributed by atoms with E-state index in [0.717, 1.165) is 6.42 Å². The van der Waals surface area contributed by atoms with Crippen molar-refractivity contribution in [2.75, 3.05) is 13.1 Å². The highest BCUT2D eigenvalue weighted by molar-refractivity contribution is 5.73. The lowest BCUT2D eigenvalue weighted by atomic mass is 9.97. The number of carbonyl (C=O) groups is 2. The first-order valence-corrected chi connectivity index (χ1v) is 6.44. The topological polar surface area (TPSA) is 78.4 Å². The Morgan fingerprint density at radius 1 is 1.17 bits per heavy atom. The van der Waals surface area contributed by atoms with Crippen molar-refractivity contribution in [3.05, 3.63) is 0 Å². The number of hydrogen-bond donors (Lipinski definition) is 3. The maximum Gasteiger partial charge on any atom is 0.314 e. The van der Waals surface area contributed by atoms with Crippen molar-refractivity contribution in [1.82, 2.24) is 10.6 Å². The Bertz CT molecular complexity index is 272. The molecular weight excluding hydrogens is 232 g/mol. The quantitative estimate of drug-likeness (QED) is 0.655. The minimum absolute atomic E-state index is 0.0755. The monoisotopic (exact) mass is 258 g/mol. The van der Waals surface area contributed by atoms with Crippen LogP contribution in [0.15, 0.2) is 0 Å². The van der Waals surface area contributed by atoms with Crippen molar-refractivity contribution in [1.29, 1.82) is 0 Å². The van der Waals surface area contributed by atoms with Gasteiger partial charge >= 0.3 is 12.0 Å². The van der Waals surface area contributed by atoms with Crippen molar-refractivity contribution in [3.8, 4) is 0 Å². The van der Waals surface area contributed by atoms with Crippen LogP contribution in [-0.2, 0) is 4.79 Å². The number of amides is 2. The van der Waals surface area contributed by atoms with E-state index in [4.69, 9.17) is 5.11 Å². The molecular formula is C13H26N2O3. The number of carbonyl (C=O) groups excluding carboxylic acids is 1. The summed E-state index contributed by atoms with van der Waals surface area (Å²) in [6.07, 6.45) is 1.65. The van der Waals surface area contributed by atoms with E-state index >= 15 is 0 Å². The highest BCUT2D eigenvalue weighted by atomic mass is 16.4. The van der Waals surface area contributed by atoms with Crippen LogP contribution in [0.5, 0.6) is 0 Å². The summed E-state index contributed by atoms with van der Waals surface area (Å²) in [4.78, 5) is 21.8. The number of carboxylic acids is 1. The second-order valence-corrected chi connectivity index (χ2v) is 6.00. The Kier molecular flexibility index (Phi) is 7.39. The minimum Gasteiger partial charge on any atom is -0.481 e. The van der Waals surface area contributed by atoms with Crippen molar-refractivity contribution >= 4 is 12.0 Å². The summed E-state index contributed by atoms with van der Waals surface area (Å²) < 4.78 is 0. The molecule has 0 saturated heterocycles. The van der Waals surface area contributed by atoms with E-state index in [-0.39, 0.29) is 17.9 Å². The first-order chi connectivity index (χ1) is 8.20. The van der Waals surface area contributed by atoms with Crippen LogP contribution in [0.4, 0.5) is 4.79 Å². The van der Waals surface area contributed by atoms with Gasteiger partial charge in [-0.25, -0.2) is 4.79 Å². The number of hydrogen-bond acceptors (Lipinski definition) is 2. The largest absolute Gasteiger partial charge is 0.481 e. The summed E-state index contributed by atoms with van der Waals surface area (Å²) in [6.45, 7) is 9.38. The molecule has 0 bridgehead atoms. The molecule has 0 heterocycles. The highest BCUT2D eigenvalue weighted by Crippen LogP contribution is 2.10. The zero-order valence-electron chi connectivity index (χ0n) is 11.9. The molecule has 0 radical (unpaired) electrons. The van der Waals surface area contributed by atoms with Gasteiger partial charge in [0.2, 0.25) is 0 Å². The molecule has 0 rings (SSSR count). The fraction of sp³-hybridized carbons (Fsp3) is 0.846. The Morgan fingerprint density at radius 2 is 1.78 bits per heavy atom. The van der Waals surface area contributed by atoms with Gasteiger partial charge in [-0.1, -0.05) is 27.7 Å². The molecule has 5 nitrogen and oxygen atoms in total. The fourth-order valence-corrected chi connectivity index (χ4v) is 1.35. The van der Waals surface area contributed by atoms with Crippen molar-refractivity contribution in [3.63, 3.8) is 0 Å². The zero-order valence-corrected chi connectivity index (χ0v) is 11.9. The van der Waals surface area contributed by atoms with E-state index in [2.05, 4.69) is 31.4 Å². The number of rotatable bonds is 7. The zero-order chi connectivity index (χ0) is 14.2. The van der Waals surface area contributed by atoms with E-state index in [1.54, 1.807) is 0 Å². The Morgan fingerprint density at radius 3 is 2.28 bits per heavy atom. The van der Waals surface area contributed by atoms with Crippen LogP contribution in [-0.4, -0.2) is 30.2 Å². The molecule has 0 aliphatic heterocycles. The molecule has 0 aliphatic carbocycles. The van der Waals surface area contributed by atoms with Gasteiger partial charge in [-0.2, -0.15) is 0 Å². The fourth-order valence-electron chi connectivity index (χ4n) is 1.35. The maximum atomic E-state index is 11.4. The van der Waals surface area contributed by atoms with E-state index in [0.29, 0.717) is 25.4 Å². The third-order valence-corrected chi connectivity index (χ3v) is 2.55. The molecule has 0 saturated carbocycles. The first-order valence-electron chi connectivity index (χ1n) is 6.44. The lowest BCUT2D eigenvalue weighted by Gasteiger charge is -2.19. The second-order valence-electron chi connectivity index (χ2n) is 6.00. The van der Waals surface area contributed by atoms with E-state index < -0.39 is 5.97 Å². The van der Waals surface area contributed by atoms with Gasteiger partial charge in [-0.05, 0) is 24.2 Å². The molecule has 2 amide bonds. The Labute approximate surface area is 109 Å². The summed E-state index contributed by atoms with van der Waals surface area (Å²) in [5, 5.41) is 14.1. The van der Waals surface area contributed by atoms with E-state index in [1.165, 1.54) is 0 Å². The van der Waals surface area contributed by atoms with Crippen LogP contribution in [0.3, 0.4) is 0 Å². The molecule has 18 heavy (non-hydrogen) atoms. The van der Waals surface area contributed by atoms with Gasteiger partial charge < -0.3 is 15.7 Å². The summed E-state index contributed by atoms with van der Waals surface area (Å²) in [6, 6.07) is -0.157. The van der Waals surface area contributed by atoms with Crippen molar-refractivity contribution in [2.24, 2.45) is 11.3 Å². The lowest BCUT2D eigenvalue weighted by Crippen LogP contribution is -2.40. The minimum atomic E-state index is -0.766. The molecule has 0 spiro atoms. The lowest BCUT2D eigenvalue weighted by molar-refractivity contribution is -0.137. The number of nitrogens with one attached hydrogen (secondary N) is 2. The summed E-state index contributed by atoms with van der Waals surface area (Å²) >= 11 is 0. The van der Waals surface area contributed by atoms with Gasteiger partial charge in [0.25, 0.3) is 0 Å². The molecule has 1 atom stereocenters. The molecule has 106 valence electrons. The molecule has 5 heteroatoms. The predicted molar refractivity (Wildman–Crippen MR) is 71.5 cm³/mol. The van der Waals surface area contributed by atoms with Crippen molar-refractivity contribution < 1.29 is 14.7 Å². The standard InChI is InChI=1S/C13H26N2O3/c1-10(5-6-11(16)17)7-8-14-12(18)15-9-13(2,3)4/h10H,5-9H2,1-4H3,(H,16,17)(H2,14,15,18). The van der Waals surface area contributed by atoms with Crippen LogP contribution >= 0.6 is 0 Å². The normalized spacial score (nSPS) is 12.9. The number of aliphatic carboxylic acids is 1. The molecule has 0 aromatic rings. The molecule has 0 aromatic heterocycles. The van der Waals surface area contributed by atoms with Gasteiger partial charge in [0.05, 0.1) is 0 Å². The Hall–Kier alpha value is -1.26.